The van der Waals surface area contributed by atoms with Gasteiger partial charge < -0.3 is 10.2 Å². The molecule has 0 unspecified atom stereocenters. The van der Waals surface area contributed by atoms with Gasteiger partial charge in [-0.15, -0.1) is 0 Å². The number of hydrogen-bond donors (Lipinski definition) is 1. The van der Waals surface area contributed by atoms with Gasteiger partial charge in [-0.25, -0.2) is 8.42 Å². The maximum Gasteiger partial charge on any atom is 0.241 e. The van der Waals surface area contributed by atoms with Crippen molar-refractivity contribution in [1.82, 2.24) is 10.2 Å². The Hall–Kier alpha value is -2.87. The highest BCUT2D eigenvalue weighted by atomic mass is 32.2. The zero-order valence-corrected chi connectivity index (χ0v) is 18.1. The molecule has 160 valence electrons. The number of likely N-dealkylation sites (tertiary alicyclic amines) is 1. The molecule has 1 saturated heterocycles. The summed E-state index contributed by atoms with van der Waals surface area (Å²) < 4.78 is 25.7. The van der Waals surface area contributed by atoms with Gasteiger partial charge in [-0.2, -0.15) is 0 Å². The monoisotopic (exact) mass is 429 g/mol. The highest BCUT2D eigenvalue weighted by molar-refractivity contribution is 7.92. The third-order valence-electron chi connectivity index (χ3n) is 5.20. The molecule has 1 fully saturated rings. The predicted octanol–water partition coefficient (Wildman–Crippen LogP) is 2.20. The van der Waals surface area contributed by atoms with Gasteiger partial charge in [0.05, 0.1) is 11.9 Å². The summed E-state index contributed by atoms with van der Waals surface area (Å²) in [6, 6.07) is 14.7. The van der Waals surface area contributed by atoms with Crippen LogP contribution in [0.25, 0.3) is 0 Å². The predicted molar refractivity (Wildman–Crippen MR) is 116 cm³/mol. The van der Waals surface area contributed by atoms with Gasteiger partial charge in [0, 0.05) is 26.1 Å². The summed E-state index contributed by atoms with van der Waals surface area (Å²) >= 11 is 0. The molecular formula is C22H27N3O4S. The smallest absolute Gasteiger partial charge is 0.241 e. The molecule has 2 aromatic rings. The number of rotatable bonds is 8. The molecule has 2 aromatic carbocycles. The first kappa shape index (κ1) is 21.8. The average Bonchev–Trinajstić information content (AvgIpc) is 3.10. The van der Waals surface area contributed by atoms with Crippen molar-refractivity contribution in [2.75, 3.05) is 23.7 Å². The molecule has 0 atom stereocenters. The van der Waals surface area contributed by atoms with Crippen LogP contribution in [0.15, 0.2) is 48.5 Å². The average molecular weight is 430 g/mol. The summed E-state index contributed by atoms with van der Waals surface area (Å²) in [6.45, 7) is 3.04. The van der Waals surface area contributed by atoms with Crippen molar-refractivity contribution in [3.63, 3.8) is 0 Å². The number of carbonyl (C=O) groups is 2. The van der Waals surface area contributed by atoms with Crippen LogP contribution in [0.2, 0.25) is 0 Å². The van der Waals surface area contributed by atoms with E-state index in [-0.39, 0.29) is 19.0 Å². The fraction of sp³-hybridized carbons (Fsp3) is 0.364. The Kier molecular flexibility index (Phi) is 6.77. The lowest BCUT2D eigenvalue weighted by Gasteiger charge is -2.24. The molecule has 0 aliphatic carbocycles. The zero-order chi connectivity index (χ0) is 21.7. The second-order valence-electron chi connectivity index (χ2n) is 7.52. The number of nitrogens with one attached hydrogen (secondary N) is 1. The minimum Gasteiger partial charge on any atom is -0.350 e. The molecule has 2 amide bonds. The molecule has 1 N–H and O–H groups in total. The molecule has 0 spiro atoms. The van der Waals surface area contributed by atoms with Crippen molar-refractivity contribution < 1.29 is 18.0 Å². The summed E-state index contributed by atoms with van der Waals surface area (Å²) in [5.74, 6) is -0.244. The molecule has 0 radical (unpaired) electrons. The molecule has 1 aliphatic rings. The zero-order valence-electron chi connectivity index (χ0n) is 17.3. The van der Waals surface area contributed by atoms with Gasteiger partial charge in [-0.1, -0.05) is 42.5 Å². The Morgan fingerprint density at radius 1 is 1.10 bits per heavy atom. The van der Waals surface area contributed by atoms with Crippen LogP contribution in [0.1, 0.15) is 29.5 Å². The number of amides is 2. The first-order valence-corrected chi connectivity index (χ1v) is 11.7. The highest BCUT2D eigenvalue weighted by Gasteiger charge is 2.23. The van der Waals surface area contributed by atoms with Crippen molar-refractivity contribution >= 4 is 27.5 Å². The number of benzene rings is 2. The minimum atomic E-state index is -3.62. The number of sulfonamides is 1. The molecule has 0 saturated carbocycles. The van der Waals surface area contributed by atoms with Gasteiger partial charge in [-0.3, -0.25) is 13.9 Å². The first-order chi connectivity index (χ1) is 14.3. The fourth-order valence-electron chi connectivity index (χ4n) is 3.57. The molecule has 1 aliphatic heterocycles. The second-order valence-corrected chi connectivity index (χ2v) is 9.43. The van der Waals surface area contributed by atoms with Crippen LogP contribution in [-0.2, 0) is 32.7 Å². The number of aryl methyl sites for hydroxylation is 1. The van der Waals surface area contributed by atoms with E-state index < -0.39 is 15.9 Å². The maximum absolute atomic E-state index is 12.6. The van der Waals surface area contributed by atoms with Gasteiger partial charge in [0.2, 0.25) is 21.8 Å². The lowest BCUT2D eigenvalue weighted by molar-refractivity contribution is -0.128. The summed E-state index contributed by atoms with van der Waals surface area (Å²) in [6.07, 6.45) is 2.55. The van der Waals surface area contributed by atoms with Crippen LogP contribution in [-0.4, -0.2) is 44.5 Å². The molecule has 8 heteroatoms. The van der Waals surface area contributed by atoms with E-state index in [2.05, 4.69) is 5.32 Å². The van der Waals surface area contributed by atoms with E-state index in [0.717, 1.165) is 40.2 Å². The van der Waals surface area contributed by atoms with Crippen molar-refractivity contribution in [2.24, 2.45) is 0 Å². The van der Waals surface area contributed by atoms with E-state index in [1.54, 1.807) is 25.1 Å². The van der Waals surface area contributed by atoms with Gasteiger partial charge in [0.25, 0.3) is 0 Å². The Morgan fingerprint density at radius 3 is 2.40 bits per heavy atom. The summed E-state index contributed by atoms with van der Waals surface area (Å²) in [4.78, 5) is 26.3. The molecule has 0 bridgehead atoms. The molecule has 1 heterocycles. The summed E-state index contributed by atoms with van der Waals surface area (Å²) in [5, 5.41) is 2.82. The number of anilines is 1. The lowest BCUT2D eigenvalue weighted by atomic mass is 10.1. The molecule has 7 nitrogen and oxygen atoms in total. The van der Waals surface area contributed by atoms with Crippen LogP contribution < -0.4 is 9.62 Å². The van der Waals surface area contributed by atoms with Gasteiger partial charge >= 0.3 is 0 Å². The van der Waals surface area contributed by atoms with Crippen molar-refractivity contribution in [2.45, 2.75) is 32.9 Å². The molecular weight excluding hydrogens is 402 g/mol. The van der Waals surface area contributed by atoms with Crippen LogP contribution in [0.5, 0.6) is 0 Å². The van der Waals surface area contributed by atoms with Crippen molar-refractivity contribution in [3.8, 4) is 0 Å². The number of para-hydroxylation sites is 1. The topological polar surface area (TPSA) is 86.8 Å². The minimum absolute atomic E-state index is 0.149. The van der Waals surface area contributed by atoms with E-state index in [4.69, 9.17) is 0 Å². The third-order valence-corrected chi connectivity index (χ3v) is 6.33. The SMILES string of the molecule is Cc1ccccc1N(CC(=O)NCc1ccccc1CN1CCCC1=O)S(C)(=O)=O. The van der Waals surface area contributed by atoms with Crippen molar-refractivity contribution in [3.05, 3.63) is 65.2 Å². The fourth-order valence-corrected chi connectivity index (χ4v) is 4.48. The Balaban J connectivity index is 1.68. The normalized spacial score (nSPS) is 14.1. The molecule has 0 aromatic heterocycles. The van der Waals surface area contributed by atoms with E-state index in [1.165, 1.54) is 0 Å². The molecule has 30 heavy (non-hydrogen) atoms. The van der Waals surface area contributed by atoms with Crippen LogP contribution in [0, 0.1) is 6.92 Å². The third kappa shape index (κ3) is 5.38. The van der Waals surface area contributed by atoms with Gasteiger partial charge in [0.15, 0.2) is 0 Å². The second kappa shape index (κ2) is 9.30. The maximum atomic E-state index is 12.6. The van der Waals surface area contributed by atoms with Crippen LogP contribution in [0.4, 0.5) is 5.69 Å². The largest absolute Gasteiger partial charge is 0.350 e. The standard InChI is InChI=1S/C22H27N3O4S/c1-17-8-3-6-11-20(17)25(30(2,28)29)16-21(26)23-14-18-9-4-5-10-19(18)15-24-13-7-12-22(24)27/h3-6,8-11H,7,12-16H2,1-2H3,(H,23,26). The number of hydrogen-bond acceptors (Lipinski definition) is 4. The van der Waals surface area contributed by atoms with Gasteiger partial charge in [0.1, 0.15) is 6.54 Å². The van der Waals surface area contributed by atoms with E-state index in [0.29, 0.717) is 18.7 Å². The summed E-state index contributed by atoms with van der Waals surface area (Å²) in [5.41, 5.74) is 3.15. The van der Waals surface area contributed by atoms with Crippen molar-refractivity contribution in [1.29, 1.82) is 0 Å². The van der Waals surface area contributed by atoms with E-state index >= 15 is 0 Å². The van der Waals surface area contributed by atoms with E-state index in [9.17, 15) is 18.0 Å². The quantitative estimate of drug-likeness (QED) is 0.697. The van der Waals surface area contributed by atoms with Gasteiger partial charge in [-0.05, 0) is 36.1 Å². The lowest BCUT2D eigenvalue weighted by Crippen LogP contribution is -2.40. The Labute approximate surface area is 177 Å². The Bertz CT molecular complexity index is 1040. The molecule has 3 rings (SSSR count). The number of nitrogens with zero attached hydrogens (tertiary/aromatic N) is 2. The Morgan fingerprint density at radius 2 is 1.77 bits per heavy atom. The van der Waals surface area contributed by atoms with E-state index in [1.807, 2.05) is 35.2 Å². The summed E-state index contributed by atoms with van der Waals surface area (Å²) in [7, 11) is -3.62. The first-order valence-electron chi connectivity index (χ1n) is 9.90. The van der Waals surface area contributed by atoms with Crippen LogP contribution >= 0.6 is 0 Å². The highest BCUT2D eigenvalue weighted by Crippen LogP contribution is 2.22. The van der Waals surface area contributed by atoms with Crippen LogP contribution in [0.3, 0.4) is 0 Å². The number of carbonyl (C=O) groups excluding carboxylic acids is 2.